The monoisotopic (exact) mass is 302 g/mol. The Morgan fingerprint density at radius 1 is 1.53 bits per heavy atom. The summed E-state index contributed by atoms with van der Waals surface area (Å²) < 4.78 is 14.2. The molecule has 0 saturated heterocycles. The van der Waals surface area contributed by atoms with Crippen LogP contribution in [0.15, 0.2) is 22.7 Å². The first-order valence-corrected chi connectivity index (χ1v) is 6.18. The van der Waals surface area contributed by atoms with Gasteiger partial charge in [-0.25, -0.2) is 4.39 Å². The molecule has 1 rings (SSSR count). The van der Waals surface area contributed by atoms with Gasteiger partial charge in [-0.05, 0) is 18.1 Å². The van der Waals surface area contributed by atoms with Gasteiger partial charge >= 0.3 is 0 Å². The number of nitrogens with two attached hydrogens (primary N) is 1. The fourth-order valence-electron chi connectivity index (χ4n) is 1.58. The summed E-state index contributed by atoms with van der Waals surface area (Å²) in [5.74, 6) is -0.663. The van der Waals surface area contributed by atoms with Crippen molar-refractivity contribution in [3.63, 3.8) is 0 Å². The van der Waals surface area contributed by atoms with E-state index in [0.29, 0.717) is 10.0 Å². The maximum Gasteiger partial charge on any atom is 0.234 e. The van der Waals surface area contributed by atoms with E-state index in [1.807, 2.05) is 13.8 Å². The number of hydrogen-bond donors (Lipinski definition) is 2. The van der Waals surface area contributed by atoms with Crippen molar-refractivity contribution in [2.75, 3.05) is 0 Å². The van der Waals surface area contributed by atoms with E-state index in [0.717, 1.165) is 0 Å². The first-order valence-electron chi connectivity index (χ1n) is 5.39. The smallest absolute Gasteiger partial charge is 0.234 e. The van der Waals surface area contributed by atoms with Gasteiger partial charge in [0.2, 0.25) is 5.91 Å². The molecule has 1 unspecified atom stereocenters. The summed E-state index contributed by atoms with van der Waals surface area (Å²) in [4.78, 5) is 11.2. The second kappa shape index (κ2) is 6.12. The van der Waals surface area contributed by atoms with E-state index in [4.69, 9.17) is 5.73 Å². The standard InChI is InChI=1S/C12H16BrFN2O/c1-7(2)11(12(15)17)16-6-8-9(13)4-3-5-10(8)14/h3-5,7,11,16H,6H2,1-2H3,(H2,15,17). The lowest BCUT2D eigenvalue weighted by atomic mass is 10.0. The van der Waals surface area contributed by atoms with Gasteiger partial charge in [0.25, 0.3) is 0 Å². The van der Waals surface area contributed by atoms with Gasteiger partial charge < -0.3 is 11.1 Å². The van der Waals surface area contributed by atoms with Crippen molar-refractivity contribution >= 4 is 21.8 Å². The Labute approximate surface area is 109 Å². The molecule has 0 aliphatic carbocycles. The van der Waals surface area contributed by atoms with E-state index >= 15 is 0 Å². The van der Waals surface area contributed by atoms with E-state index in [-0.39, 0.29) is 18.3 Å². The third-order valence-electron chi connectivity index (χ3n) is 2.53. The second-order valence-electron chi connectivity index (χ2n) is 4.21. The van der Waals surface area contributed by atoms with Crippen molar-refractivity contribution < 1.29 is 9.18 Å². The van der Waals surface area contributed by atoms with Crippen LogP contribution in [0.1, 0.15) is 19.4 Å². The molecule has 1 amide bonds. The van der Waals surface area contributed by atoms with Gasteiger partial charge in [0.1, 0.15) is 5.82 Å². The third kappa shape index (κ3) is 3.78. The molecule has 0 spiro atoms. The lowest BCUT2D eigenvalue weighted by Gasteiger charge is -2.19. The lowest BCUT2D eigenvalue weighted by molar-refractivity contribution is -0.121. The minimum Gasteiger partial charge on any atom is -0.368 e. The highest BCUT2D eigenvalue weighted by Gasteiger charge is 2.19. The number of primary amides is 1. The molecule has 0 radical (unpaired) electrons. The van der Waals surface area contributed by atoms with Gasteiger partial charge in [-0.2, -0.15) is 0 Å². The summed E-state index contributed by atoms with van der Waals surface area (Å²) in [5, 5.41) is 2.97. The van der Waals surface area contributed by atoms with Crippen LogP contribution >= 0.6 is 15.9 Å². The largest absolute Gasteiger partial charge is 0.368 e. The maximum absolute atomic E-state index is 13.5. The van der Waals surface area contributed by atoms with Crippen molar-refractivity contribution in [1.82, 2.24) is 5.32 Å². The topological polar surface area (TPSA) is 55.1 Å². The SMILES string of the molecule is CC(C)C(NCc1c(F)cccc1Br)C(N)=O. The van der Waals surface area contributed by atoms with Crippen molar-refractivity contribution in [2.45, 2.75) is 26.4 Å². The minimum atomic E-state index is -0.457. The van der Waals surface area contributed by atoms with Gasteiger partial charge in [-0.1, -0.05) is 35.8 Å². The Bertz CT molecular complexity index is 389. The number of benzene rings is 1. The van der Waals surface area contributed by atoms with Gasteiger partial charge in [0, 0.05) is 16.6 Å². The highest BCUT2D eigenvalue weighted by Crippen LogP contribution is 2.19. The van der Waals surface area contributed by atoms with E-state index in [1.54, 1.807) is 12.1 Å². The fourth-order valence-corrected chi connectivity index (χ4v) is 2.06. The van der Waals surface area contributed by atoms with Crippen LogP contribution in [0.2, 0.25) is 0 Å². The van der Waals surface area contributed by atoms with Crippen LogP contribution < -0.4 is 11.1 Å². The second-order valence-corrected chi connectivity index (χ2v) is 5.06. The molecule has 94 valence electrons. The molecule has 0 bridgehead atoms. The maximum atomic E-state index is 13.5. The molecule has 0 aliphatic rings. The Morgan fingerprint density at radius 2 is 2.18 bits per heavy atom. The number of rotatable bonds is 5. The highest BCUT2D eigenvalue weighted by molar-refractivity contribution is 9.10. The van der Waals surface area contributed by atoms with Crippen LogP contribution in [-0.4, -0.2) is 11.9 Å². The Hall–Kier alpha value is -0.940. The number of halogens is 2. The van der Waals surface area contributed by atoms with Crippen molar-refractivity contribution in [3.05, 3.63) is 34.1 Å². The highest BCUT2D eigenvalue weighted by atomic mass is 79.9. The molecule has 1 aromatic carbocycles. The number of carbonyl (C=O) groups is 1. The predicted molar refractivity (Wildman–Crippen MR) is 68.8 cm³/mol. The molecule has 0 aromatic heterocycles. The van der Waals surface area contributed by atoms with Crippen molar-refractivity contribution in [2.24, 2.45) is 11.7 Å². The number of nitrogens with one attached hydrogen (secondary N) is 1. The zero-order valence-electron chi connectivity index (χ0n) is 9.84. The molecule has 3 nitrogen and oxygen atoms in total. The number of hydrogen-bond acceptors (Lipinski definition) is 2. The summed E-state index contributed by atoms with van der Waals surface area (Å²) in [6, 6.07) is 4.31. The quantitative estimate of drug-likeness (QED) is 0.876. The first-order chi connectivity index (χ1) is 7.93. The molecule has 1 aromatic rings. The molecule has 3 N–H and O–H groups in total. The van der Waals surface area contributed by atoms with Crippen LogP contribution in [0.25, 0.3) is 0 Å². The van der Waals surface area contributed by atoms with E-state index < -0.39 is 11.9 Å². The average Bonchev–Trinajstić information content (AvgIpc) is 2.21. The Kier molecular flexibility index (Phi) is 5.08. The summed E-state index contributed by atoms with van der Waals surface area (Å²) in [6.07, 6.45) is 0. The Morgan fingerprint density at radius 3 is 2.65 bits per heavy atom. The van der Waals surface area contributed by atoms with E-state index in [2.05, 4.69) is 21.2 Å². The third-order valence-corrected chi connectivity index (χ3v) is 3.28. The molecular weight excluding hydrogens is 287 g/mol. The normalized spacial score (nSPS) is 12.8. The Balaban J connectivity index is 2.75. The number of carbonyl (C=O) groups excluding carboxylic acids is 1. The molecule has 0 saturated carbocycles. The van der Waals surface area contributed by atoms with Crippen molar-refractivity contribution in [1.29, 1.82) is 0 Å². The minimum absolute atomic E-state index is 0.0676. The zero-order valence-corrected chi connectivity index (χ0v) is 11.4. The summed E-state index contributed by atoms with van der Waals surface area (Å²) >= 11 is 3.28. The molecule has 17 heavy (non-hydrogen) atoms. The molecule has 0 aliphatic heterocycles. The van der Waals surface area contributed by atoms with Gasteiger partial charge in [0.15, 0.2) is 0 Å². The molecule has 0 fully saturated rings. The van der Waals surface area contributed by atoms with Crippen LogP contribution in [0.3, 0.4) is 0 Å². The molecule has 1 atom stereocenters. The predicted octanol–water partition coefficient (Wildman–Crippen LogP) is 2.19. The molecule has 5 heteroatoms. The average molecular weight is 303 g/mol. The van der Waals surface area contributed by atoms with Crippen molar-refractivity contribution in [3.8, 4) is 0 Å². The lowest BCUT2D eigenvalue weighted by Crippen LogP contribution is -2.44. The van der Waals surface area contributed by atoms with Crippen LogP contribution in [0, 0.1) is 11.7 Å². The van der Waals surface area contributed by atoms with Crippen LogP contribution in [-0.2, 0) is 11.3 Å². The van der Waals surface area contributed by atoms with Crippen LogP contribution in [0.4, 0.5) is 4.39 Å². The van der Waals surface area contributed by atoms with Gasteiger partial charge in [-0.3, -0.25) is 4.79 Å². The summed E-state index contributed by atoms with van der Waals surface area (Å²) in [6.45, 7) is 4.04. The summed E-state index contributed by atoms with van der Waals surface area (Å²) in [5.41, 5.74) is 5.77. The van der Waals surface area contributed by atoms with E-state index in [1.165, 1.54) is 6.07 Å². The first kappa shape index (κ1) is 14.1. The van der Waals surface area contributed by atoms with Crippen LogP contribution in [0.5, 0.6) is 0 Å². The van der Waals surface area contributed by atoms with Gasteiger partial charge in [-0.15, -0.1) is 0 Å². The number of amides is 1. The zero-order chi connectivity index (χ0) is 13.0. The molecule has 0 heterocycles. The fraction of sp³-hybridized carbons (Fsp3) is 0.417. The van der Waals surface area contributed by atoms with E-state index in [9.17, 15) is 9.18 Å². The summed E-state index contributed by atoms with van der Waals surface area (Å²) in [7, 11) is 0. The van der Waals surface area contributed by atoms with Gasteiger partial charge in [0.05, 0.1) is 6.04 Å². The molecular formula is C12H16BrFN2O.